The van der Waals surface area contributed by atoms with Crippen LogP contribution in [0.4, 0.5) is 0 Å². The maximum atomic E-state index is 12.3. The SMILES string of the molecule is Cc1ccc(C[C@@H](NC(=O)c2csnn2)c2ccccn2)cc1. The zero-order valence-corrected chi connectivity index (χ0v) is 13.5. The summed E-state index contributed by atoms with van der Waals surface area (Å²) in [6.45, 7) is 2.05. The van der Waals surface area contributed by atoms with Gasteiger partial charge >= 0.3 is 0 Å². The molecular formula is C17H16N4OS. The molecule has 1 N–H and O–H groups in total. The Balaban J connectivity index is 1.82. The first-order valence-electron chi connectivity index (χ1n) is 7.27. The maximum absolute atomic E-state index is 12.3. The monoisotopic (exact) mass is 324 g/mol. The van der Waals surface area contributed by atoms with E-state index in [4.69, 9.17) is 0 Å². The van der Waals surface area contributed by atoms with Crippen molar-refractivity contribution in [2.75, 3.05) is 0 Å². The molecule has 1 aromatic carbocycles. The Hall–Kier alpha value is -2.60. The lowest BCUT2D eigenvalue weighted by Crippen LogP contribution is -2.30. The number of carbonyl (C=O) groups is 1. The second-order valence-electron chi connectivity index (χ2n) is 5.26. The summed E-state index contributed by atoms with van der Waals surface area (Å²) < 4.78 is 3.73. The van der Waals surface area contributed by atoms with Gasteiger partial charge in [-0.3, -0.25) is 9.78 Å². The van der Waals surface area contributed by atoms with Crippen LogP contribution < -0.4 is 5.32 Å². The maximum Gasteiger partial charge on any atom is 0.273 e. The molecule has 0 radical (unpaired) electrons. The van der Waals surface area contributed by atoms with Crippen LogP contribution in [0.5, 0.6) is 0 Å². The van der Waals surface area contributed by atoms with E-state index in [2.05, 4.69) is 51.1 Å². The highest BCUT2D eigenvalue weighted by atomic mass is 32.1. The van der Waals surface area contributed by atoms with Crippen molar-refractivity contribution in [2.24, 2.45) is 0 Å². The van der Waals surface area contributed by atoms with Crippen LogP contribution in [-0.4, -0.2) is 20.5 Å². The van der Waals surface area contributed by atoms with Gasteiger partial charge in [0.05, 0.1) is 11.7 Å². The van der Waals surface area contributed by atoms with Crippen molar-refractivity contribution >= 4 is 17.4 Å². The molecule has 0 fully saturated rings. The normalized spacial score (nSPS) is 11.9. The molecule has 1 amide bonds. The smallest absolute Gasteiger partial charge is 0.273 e. The second kappa shape index (κ2) is 7.11. The van der Waals surface area contributed by atoms with E-state index in [1.165, 1.54) is 5.56 Å². The van der Waals surface area contributed by atoms with Gasteiger partial charge in [0.25, 0.3) is 5.91 Å². The summed E-state index contributed by atoms with van der Waals surface area (Å²) in [5, 5.41) is 8.45. The topological polar surface area (TPSA) is 67.8 Å². The number of hydrogen-bond donors (Lipinski definition) is 1. The molecule has 23 heavy (non-hydrogen) atoms. The number of aryl methyl sites for hydroxylation is 1. The summed E-state index contributed by atoms with van der Waals surface area (Å²) in [5.74, 6) is -0.235. The van der Waals surface area contributed by atoms with Crippen LogP contribution in [0.25, 0.3) is 0 Å². The zero-order valence-electron chi connectivity index (χ0n) is 12.6. The van der Waals surface area contributed by atoms with E-state index in [1.807, 2.05) is 18.2 Å². The summed E-state index contributed by atoms with van der Waals surface area (Å²) in [6, 6.07) is 13.8. The Labute approximate surface area is 138 Å². The quantitative estimate of drug-likeness (QED) is 0.783. The highest BCUT2D eigenvalue weighted by molar-refractivity contribution is 7.03. The summed E-state index contributed by atoms with van der Waals surface area (Å²) in [5.41, 5.74) is 3.51. The first-order chi connectivity index (χ1) is 11.2. The molecule has 0 aliphatic rings. The molecule has 6 heteroatoms. The van der Waals surface area contributed by atoms with Gasteiger partial charge in [0.1, 0.15) is 0 Å². The second-order valence-corrected chi connectivity index (χ2v) is 5.87. The largest absolute Gasteiger partial charge is 0.342 e. The molecule has 1 atom stereocenters. The van der Waals surface area contributed by atoms with E-state index in [1.54, 1.807) is 11.6 Å². The van der Waals surface area contributed by atoms with Crippen LogP contribution >= 0.6 is 11.5 Å². The standard InChI is InChI=1S/C17H16N4OS/c1-12-5-7-13(8-6-12)10-15(14-4-2-3-9-18-14)19-17(22)16-11-23-21-20-16/h2-9,11,15H,10H2,1H3,(H,19,22)/t15-/m1/s1. The van der Waals surface area contributed by atoms with Gasteiger partial charge in [-0.15, -0.1) is 5.10 Å². The number of nitrogens with one attached hydrogen (secondary N) is 1. The summed E-state index contributed by atoms with van der Waals surface area (Å²) in [7, 11) is 0. The van der Waals surface area contributed by atoms with Gasteiger partial charge in [-0.1, -0.05) is 40.4 Å². The minimum absolute atomic E-state index is 0.215. The molecule has 0 bridgehead atoms. The van der Waals surface area contributed by atoms with E-state index in [9.17, 15) is 4.79 Å². The molecule has 0 aliphatic heterocycles. The molecule has 5 nitrogen and oxygen atoms in total. The molecule has 116 valence electrons. The highest BCUT2D eigenvalue weighted by Gasteiger charge is 2.18. The third-order valence-corrected chi connectivity index (χ3v) is 4.01. The van der Waals surface area contributed by atoms with Crippen molar-refractivity contribution in [1.29, 1.82) is 0 Å². The number of nitrogens with zero attached hydrogens (tertiary/aromatic N) is 3. The molecule has 0 saturated carbocycles. The molecular weight excluding hydrogens is 308 g/mol. The molecule has 2 heterocycles. The average molecular weight is 324 g/mol. The van der Waals surface area contributed by atoms with Gasteiger partial charge in [0.2, 0.25) is 0 Å². The van der Waals surface area contributed by atoms with Crippen molar-refractivity contribution in [2.45, 2.75) is 19.4 Å². The van der Waals surface area contributed by atoms with Crippen LogP contribution in [0.15, 0.2) is 54.0 Å². The number of hydrogen-bond acceptors (Lipinski definition) is 5. The number of pyridine rings is 1. The van der Waals surface area contributed by atoms with E-state index in [0.717, 1.165) is 22.8 Å². The average Bonchev–Trinajstić information content (AvgIpc) is 3.12. The molecule has 0 saturated heterocycles. The van der Waals surface area contributed by atoms with Gasteiger partial charge < -0.3 is 5.32 Å². The molecule has 2 aromatic heterocycles. The fraction of sp³-hybridized carbons (Fsp3) is 0.176. The Morgan fingerprint density at radius 2 is 2.04 bits per heavy atom. The zero-order chi connectivity index (χ0) is 16.1. The van der Waals surface area contributed by atoms with Crippen molar-refractivity contribution in [3.63, 3.8) is 0 Å². The Morgan fingerprint density at radius 1 is 1.22 bits per heavy atom. The van der Waals surface area contributed by atoms with Gasteiger partial charge in [-0.2, -0.15) is 0 Å². The van der Waals surface area contributed by atoms with Crippen LogP contribution in [0.2, 0.25) is 0 Å². The molecule has 3 aromatic rings. The van der Waals surface area contributed by atoms with Gasteiger partial charge in [-0.25, -0.2) is 0 Å². The van der Waals surface area contributed by atoms with E-state index in [0.29, 0.717) is 12.1 Å². The summed E-state index contributed by atoms with van der Waals surface area (Å²) >= 11 is 1.16. The third-order valence-electron chi connectivity index (χ3n) is 3.50. The van der Waals surface area contributed by atoms with Crippen LogP contribution in [-0.2, 0) is 6.42 Å². The predicted molar refractivity (Wildman–Crippen MR) is 89.2 cm³/mol. The van der Waals surface area contributed by atoms with Crippen molar-refractivity contribution in [3.8, 4) is 0 Å². The van der Waals surface area contributed by atoms with Gasteiger partial charge in [-0.05, 0) is 42.6 Å². The minimum atomic E-state index is -0.235. The van der Waals surface area contributed by atoms with E-state index < -0.39 is 0 Å². The van der Waals surface area contributed by atoms with Crippen molar-refractivity contribution in [3.05, 3.63) is 76.6 Å². The lowest BCUT2D eigenvalue weighted by atomic mass is 10.0. The van der Waals surface area contributed by atoms with Crippen molar-refractivity contribution in [1.82, 2.24) is 19.9 Å². The number of carbonyl (C=O) groups excluding carboxylic acids is 1. The van der Waals surface area contributed by atoms with E-state index >= 15 is 0 Å². The Morgan fingerprint density at radius 3 is 2.70 bits per heavy atom. The first kappa shape index (κ1) is 15.3. The lowest BCUT2D eigenvalue weighted by Gasteiger charge is -2.18. The summed E-state index contributed by atoms with van der Waals surface area (Å²) in [6.07, 6.45) is 2.40. The van der Waals surface area contributed by atoms with Crippen LogP contribution in [0, 0.1) is 6.92 Å². The minimum Gasteiger partial charge on any atom is -0.342 e. The predicted octanol–water partition coefficient (Wildman–Crippen LogP) is 2.96. The molecule has 0 spiro atoms. The van der Waals surface area contributed by atoms with Gasteiger partial charge in [0.15, 0.2) is 5.69 Å². The fourth-order valence-electron chi connectivity index (χ4n) is 2.27. The lowest BCUT2D eigenvalue weighted by molar-refractivity contribution is 0.0930. The fourth-order valence-corrected chi connectivity index (χ4v) is 2.70. The van der Waals surface area contributed by atoms with E-state index in [-0.39, 0.29) is 11.9 Å². The Bertz CT molecular complexity index is 757. The number of benzene rings is 1. The molecule has 0 unspecified atom stereocenters. The van der Waals surface area contributed by atoms with Crippen LogP contribution in [0.3, 0.4) is 0 Å². The molecule has 0 aliphatic carbocycles. The third kappa shape index (κ3) is 3.98. The Kier molecular flexibility index (Phi) is 4.73. The van der Waals surface area contributed by atoms with Gasteiger partial charge in [0, 0.05) is 11.6 Å². The number of rotatable bonds is 5. The molecule has 3 rings (SSSR count). The van der Waals surface area contributed by atoms with Crippen LogP contribution in [0.1, 0.15) is 33.4 Å². The number of amides is 1. The first-order valence-corrected chi connectivity index (χ1v) is 8.10. The highest BCUT2D eigenvalue weighted by Crippen LogP contribution is 2.17. The number of aromatic nitrogens is 3. The summed E-state index contributed by atoms with van der Waals surface area (Å²) in [4.78, 5) is 16.7. The van der Waals surface area contributed by atoms with Crippen molar-refractivity contribution < 1.29 is 4.79 Å².